The van der Waals surface area contributed by atoms with E-state index in [2.05, 4.69) is 33.8 Å². The summed E-state index contributed by atoms with van der Waals surface area (Å²) in [5.74, 6) is 2.46. The Bertz CT molecular complexity index is 398. The average Bonchev–Trinajstić information content (AvgIpc) is 2.16. The number of amides is 1. The Kier molecular flexibility index (Phi) is 4.43. The van der Waals surface area contributed by atoms with Crippen LogP contribution >= 0.6 is 22.6 Å². The Morgan fingerprint density at radius 2 is 2.40 bits per heavy atom. The molecule has 0 heterocycles. The summed E-state index contributed by atoms with van der Waals surface area (Å²) in [6.07, 6.45) is 4.49. The predicted molar refractivity (Wildman–Crippen MR) is 66.5 cm³/mol. The maximum absolute atomic E-state index is 10.6. The van der Waals surface area contributed by atoms with Gasteiger partial charge in [-0.2, -0.15) is 0 Å². The molecule has 0 aromatic heterocycles. The molecular formula is C11H10INO2. The number of benzene rings is 1. The van der Waals surface area contributed by atoms with Gasteiger partial charge in [0.1, 0.15) is 0 Å². The van der Waals surface area contributed by atoms with E-state index in [1.807, 2.05) is 24.3 Å². The van der Waals surface area contributed by atoms with Gasteiger partial charge in [-0.1, -0.05) is 12.1 Å². The van der Waals surface area contributed by atoms with Gasteiger partial charge in [-0.05, 0) is 40.3 Å². The molecule has 1 unspecified atom stereocenters. The molecule has 0 aliphatic rings. The van der Waals surface area contributed by atoms with E-state index in [4.69, 9.17) is 11.5 Å². The number of hydrogen-bond acceptors (Lipinski definition) is 1. The molecule has 0 fully saturated rings. The smallest absolute Gasteiger partial charge is 0.405 e. The maximum Gasteiger partial charge on any atom is 0.405 e. The molecule has 1 atom stereocenters. The van der Waals surface area contributed by atoms with Crippen LogP contribution in [0.2, 0.25) is 0 Å². The van der Waals surface area contributed by atoms with E-state index in [0.717, 1.165) is 9.13 Å². The van der Waals surface area contributed by atoms with E-state index in [1.165, 1.54) is 0 Å². The van der Waals surface area contributed by atoms with Crippen molar-refractivity contribution in [2.45, 2.75) is 12.5 Å². The van der Waals surface area contributed by atoms with Crippen LogP contribution < -0.4 is 5.32 Å². The van der Waals surface area contributed by atoms with Gasteiger partial charge in [0.05, 0.1) is 6.04 Å². The first-order valence-corrected chi connectivity index (χ1v) is 5.39. The van der Waals surface area contributed by atoms with Crippen LogP contribution in [-0.4, -0.2) is 11.2 Å². The third-order valence-electron chi connectivity index (χ3n) is 1.87. The summed E-state index contributed by atoms with van der Waals surface area (Å²) in [6, 6.07) is 7.27. The number of rotatable bonds is 3. The lowest BCUT2D eigenvalue weighted by molar-refractivity contribution is 0.190. The van der Waals surface area contributed by atoms with Gasteiger partial charge in [0.2, 0.25) is 0 Å². The van der Waals surface area contributed by atoms with Crippen LogP contribution in [0.3, 0.4) is 0 Å². The van der Waals surface area contributed by atoms with Gasteiger partial charge in [0.15, 0.2) is 0 Å². The number of carbonyl (C=O) groups is 1. The molecule has 0 saturated carbocycles. The quantitative estimate of drug-likeness (QED) is 0.665. The lowest BCUT2D eigenvalue weighted by atomic mass is 10.0. The molecule has 1 rings (SSSR count). The normalized spacial score (nSPS) is 11.5. The van der Waals surface area contributed by atoms with E-state index in [1.54, 1.807) is 0 Å². The number of hydrogen-bond donors (Lipinski definition) is 2. The predicted octanol–water partition coefficient (Wildman–Crippen LogP) is 2.62. The van der Waals surface area contributed by atoms with Gasteiger partial charge in [-0.25, -0.2) is 4.79 Å². The Balaban J connectivity index is 2.89. The van der Waals surface area contributed by atoms with Gasteiger partial charge in [0, 0.05) is 9.99 Å². The fourth-order valence-corrected chi connectivity index (χ4v) is 1.81. The lowest BCUT2D eigenvalue weighted by Gasteiger charge is -2.14. The number of halogens is 1. The highest BCUT2D eigenvalue weighted by atomic mass is 127. The summed E-state index contributed by atoms with van der Waals surface area (Å²) in [7, 11) is 0. The largest absolute Gasteiger partial charge is 0.465 e. The van der Waals surface area contributed by atoms with Crippen molar-refractivity contribution < 1.29 is 9.90 Å². The van der Waals surface area contributed by atoms with Crippen LogP contribution in [0.5, 0.6) is 0 Å². The molecule has 0 bridgehead atoms. The van der Waals surface area contributed by atoms with Gasteiger partial charge in [-0.3, -0.25) is 0 Å². The molecule has 1 aromatic rings. The Morgan fingerprint density at radius 3 is 2.93 bits per heavy atom. The van der Waals surface area contributed by atoms with Crippen molar-refractivity contribution in [1.29, 1.82) is 0 Å². The van der Waals surface area contributed by atoms with Gasteiger partial charge < -0.3 is 10.4 Å². The molecule has 2 N–H and O–H groups in total. The summed E-state index contributed by atoms with van der Waals surface area (Å²) in [6.45, 7) is 0. The number of carboxylic acid groups (broad SMARTS) is 1. The van der Waals surface area contributed by atoms with Gasteiger partial charge in [-0.15, -0.1) is 12.3 Å². The summed E-state index contributed by atoms with van der Waals surface area (Å²) >= 11 is 2.17. The minimum atomic E-state index is -1.06. The third-order valence-corrected chi connectivity index (χ3v) is 2.54. The molecule has 1 amide bonds. The van der Waals surface area contributed by atoms with Crippen LogP contribution in [0.15, 0.2) is 24.3 Å². The first kappa shape index (κ1) is 11.9. The second kappa shape index (κ2) is 5.61. The highest BCUT2D eigenvalue weighted by Crippen LogP contribution is 2.18. The molecule has 4 heteroatoms. The fourth-order valence-electron chi connectivity index (χ4n) is 1.24. The second-order valence-electron chi connectivity index (χ2n) is 2.97. The van der Waals surface area contributed by atoms with Crippen molar-refractivity contribution in [2.24, 2.45) is 0 Å². The second-order valence-corrected chi connectivity index (χ2v) is 4.21. The van der Waals surface area contributed by atoms with Gasteiger partial charge >= 0.3 is 6.09 Å². The average molecular weight is 315 g/mol. The molecule has 0 spiro atoms. The lowest BCUT2D eigenvalue weighted by Crippen LogP contribution is -2.26. The zero-order chi connectivity index (χ0) is 11.3. The monoisotopic (exact) mass is 315 g/mol. The molecule has 0 aliphatic heterocycles. The Morgan fingerprint density at radius 1 is 1.67 bits per heavy atom. The summed E-state index contributed by atoms with van der Waals surface area (Å²) in [4.78, 5) is 10.6. The van der Waals surface area contributed by atoms with Crippen molar-refractivity contribution in [3.63, 3.8) is 0 Å². The van der Waals surface area contributed by atoms with Crippen molar-refractivity contribution in [3.05, 3.63) is 33.4 Å². The first-order chi connectivity index (χ1) is 7.13. The zero-order valence-electron chi connectivity index (χ0n) is 7.90. The van der Waals surface area contributed by atoms with Crippen molar-refractivity contribution >= 4 is 28.7 Å². The Hall–Kier alpha value is -1.22. The molecule has 0 radical (unpaired) electrons. The first-order valence-electron chi connectivity index (χ1n) is 4.32. The molecule has 0 aliphatic carbocycles. The van der Waals surface area contributed by atoms with Crippen LogP contribution in [0, 0.1) is 15.9 Å². The van der Waals surface area contributed by atoms with E-state index < -0.39 is 6.09 Å². The highest BCUT2D eigenvalue weighted by Gasteiger charge is 2.12. The van der Waals surface area contributed by atoms with Crippen LogP contribution in [0.4, 0.5) is 4.79 Å². The summed E-state index contributed by atoms with van der Waals surface area (Å²) in [5, 5.41) is 11.1. The molecule has 3 nitrogen and oxygen atoms in total. The fraction of sp³-hybridized carbons (Fsp3) is 0.182. The molecule has 15 heavy (non-hydrogen) atoms. The van der Waals surface area contributed by atoms with E-state index in [-0.39, 0.29) is 6.04 Å². The summed E-state index contributed by atoms with van der Waals surface area (Å²) < 4.78 is 1.05. The molecule has 78 valence electrons. The van der Waals surface area contributed by atoms with Crippen molar-refractivity contribution in [2.75, 3.05) is 0 Å². The van der Waals surface area contributed by atoms with Crippen LogP contribution in [0.25, 0.3) is 0 Å². The number of nitrogens with one attached hydrogen (secondary N) is 1. The summed E-state index contributed by atoms with van der Waals surface area (Å²) in [5.41, 5.74) is 0.891. The van der Waals surface area contributed by atoms with Gasteiger partial charge in [0.25, 0.3) is 0 Å². The van der Waals surface area contributed by atoms with E-state index >= 15 is 0 Å². The molecule has 1 aromatic carbocycles. The topological polar surface area (TPSA) is 49.3 Å². The van der Waals surface area contributed by atoms with E-state index in [0.29, 0.717) is 6.42 Å². The third kappa shape index (κ3) is 3.80. The minimum Gasteiger partial charge on any atom is -0.465 e. The van der Waals surface area contributed by atoms with Crippen molar-refractivity contribution in [1.82, 2.24) is 5.32 Å². The molecular weight excluding hydrogens is 305 g/mol. The van der Waals surface area contributed by atoms with Crippen molar-refractivity contribution in [3.8, 4) is 12.3 Å². The van der Waals surface area contributed by atoms with Crippen LogP contribution in [-0.2, 0) is 0 Å². The Labute approximate surface area is 102 Å². The maximum atomic E-state index is 10.6. The standard InChI is InChI=1S/C11H10INO2/c1-2-4-10(13-11(14)15)8-5-3-6-9(12)7-8/h1,3,5-7,10,13H,4H2,(H,14,15). The van der Waals surface area contributed by atoms with E-state index in [9.17, 15) is 4.79 Å². The van der Waals surface area contributed by atoms with Crippen LogP contribution in [0.1, 0.15) is 18.0 Å². The molecule has 0 saturated heterocycles. The minimum absolute atomic E-state index is 0.331. The zero-order valence-corrected chi connectivity index (χ0v) is 10.1. The SMILES string of the molecule is C#CCC(NC(=O)O)c1cccc(I)c1. The highest BCUT2D eigenvalue weighted by molar-refractivity contribution is 14.1. The number of terminal acetylenes is 1.